The van der Waals surface area contributed by atoms with Gasteiger partial charge in [0.1, 0.15) is 10.7 Å². The van der Waals surface area contributed by atoms with Crippen LogP contribution in [0.3, 0.4) is 0 Å². The van der Waals surface area contributed by atoms with E-state index in [1.807, 2.05) is 0 Å². The molecule has 0 saturated carbocycles. The van der Waals surface area contributed by atoms with Gasteiger partial charge in [-0.1, -0.05) is 11.6 Å². The number of hydrogen-bond acceptors (Lipinski definition) is 7. The maximum Gasteiger partial charge on any atom is 0.416 e. The first-order valence-electron chi connectivity index (χ1n) is 9.66. The molecule has 3 rings (SSSR count). The van der Waals surface area contributed by atoms with Crippen LogP contribution in [-0.2, 0) is 16.2 Å². The highest BCUT2D eigenvalue weighted by atomic mass is 35.5. The number of sulfonamides is 1. The van der Waals surface area contributed by atoms with E-state index in [9.17, 15) is 26.0 Å². The van der Waals surface area contributed by atoms with Crippen molar-refractivity contribution in [3.05, 3.63) is 57.6 Å². The van der Waals surface area contributed by atoms with Crippen LogP contribution in [0.4, 0.5) is 40.4 Å². The fourth-order valence-corrected chi connectivity index (χ4v) is 4.88. The van der Waals surface area contributed by atoms with Crippen molar-refractivity contribution in [1.82, 2.24) is 10.3 Å². The molecule has 0 unspecified atom stereocenters. The minimum atomic E-state index is -4.55. The second-order valence-corrected chi connectivity index (χ2v) is 9.90. The number of rotatable bonds is 9. The van der Waals surface area contributed by atoms with Gasteiger partial charge in [0.25, 0.3) is 10.0 Å². The molecule has 15 heteroatoms. The number of nitrogens with one attached hydrogen (secondary N) is 3. The van der Waals surface area contributed by atoms with Gasteiger partial charge in [0.05, 0.1) is 33.2 Å². The zero-order chi connectivity index (χ0) is 25.1. The van der Waals surface area contributed by atoms with E-state index in [4.69, 9.17) is 11.6 Å². The highest BCUT2D eigenvalue weighted by molar-refractivity contribution is 7.92. The molecule has 7 nitrogen and oxygen atoms in total. The molecule has 35 heavy (non-hydrogen) atoms. The van der Waals surface area contributed by atoms with Gasteiger partial charge in [-0.05, 0) is 31.3 Å². The van der Waals surface area contributed by atoms with Crippen molar-refractivity contribution in [3.63, 3.8) is 0 Å². The van der Waals surface area contributed by atoms with Crippen molar-refractivity contribution in [3.8, 4) is 0 Å². The molecule has 0 atom stereocenters. The molecule has 3 aromatic rings. The van der Waals surface area contributed by atoms with E-state index in [1.165, 1.54) is 17.0 Å². The summed E-state index contributed by atoms with van der Waals surface area (Å²) < 4.78 is 81.8. The molecule has 0 spiro atoms. The van der Waals surface area contributed by atoms with Gasteiger partial charge in [-0.2, -0.15) is 13.2 Å². The van der Waals surface area contributed by atoms with Gasteiger partial charge in [-0.15, -0.1) is 23.7 Å². The summed E-state index contributed by atoms with van der Waals surface area (Å²) in [7, 11) is -0.993. The summed E-state index contributed by atoms with van der Waals surface area (Å²) in [5.74, 6) is -1.08. The topological polar surface area (TPSA) is 86.4 Å². The molecule has 0 bridgehead atoms. The summed E-state index contributed by atoms with van der Waals surface area (Å²) >= 11 is 7.37. The Balaban J connectivity index is 0.00000432. The van der Waals surface area contributed by atoms with Crippen LogP contribution in [-0.4, -0.2) is 40.6 Å². The quantitative estimate of drug-likeness (QED) is 0.290. The first kappa shape index (κ1) is 28.9. The van der Waals surface area contributed by atoms with Gasteiger partial charge < -0.3 is 15.5 Å². The van der Waals surface area contributed by atoms with Crippen molar-refractivity contribution in [2.75, 3.05) is 42.1 Å². The highest BCUT2D eigenvalue weighted by Gasteiger charge is 2.31. The third-order valence-corrected chi connectivity index (χ3v) is 6.95. The number of thiazole rings is 1. The maximum atomic E-state index is 14.8. The summed E-state index contributed by atoms with van der Waals surface area (Å²) in [6.07, 6.45) is -4.55. The van der Waals surface area contributed by atoms with E-state index in [0.29, 0.717) is 13.1 Å². The fraction of sp³-hybridized carbons (Fsp3) is 0.250. The van der Waals surface area contributed by atoms with Gasteiger partial charge in [-0.3, -0.25) is 4.72 Å². The summed E-state index contributed by atoms with van der Waals surface area (Å²) in [4.78, 5) is 4.69. The Morgan fingerprint density at radius 1 is 1.17 bits per heavy atom. The van der Waals surface area contributed by atoms with Gasteiger partial charge in [0.2, 0.25) is 0 Å². The van der Waals surface area contributed by atoms with Gasteiger partial charge in [0.15, 0.2) is 5.82 Å². The van der Waals surface area contributed by atoms with Gasteiger partial charge in [0, 0.05) is 31.6 Å². The lowest BCUT2D eigenvalue weighted by atomic mass is 10.1. The zero-order valence-electron chi connectivity index (χ0n) is 18.3. The number of halogens is 6. The van der Waals surface area contributed by atoms with Crippen LogP contribution < -0.4 is 20.3 Å². The van der Waals surface area contributed by atoms with Crippen molar-refractivity contribution >= 4 is 68.2 Å². The Morgan fingerprint density at radius 3 is 2.49 bits per heavy atom. The standard InChI is InChI=1S/C20H20ClF4N5O2S2.ClH/c1-26-5-6-30(2)17-7-12(20(23,24)25)3-4-15(17)28-16-9-14(22)18(8-13(16)21)34(31,32)29-19-10-33-11-27-19;/h3-4,7-11,26,28-29H,5-6H2,1-2H3;1H. The molecule has 0 radical (unpaired) electrons. The van der Waals surface area contributed by atoms with E-state index in [1.54, 1.807) is 19.0 Å². The minimum absolute atomic E-state index is 0. The molecule has 192 valence electrons. The largest absolute Gasteiger partial charge is 0.416 e. The van der Waals surface area contributed by atoms with Crippen LogP contribution in [0.1, 0.15) is 5.56 Å². The Kier molecular flexibility index (Phi) is 9.59. The first-order chi connectivity index (χ1) is 15.9. The van der Waals surface area contributed by atoms with Crippen LogP contribution in [0.25, 0.3) is 0 Å². The Hall–Kier alpha value is -2.32. The Labute approximate surface area is 215 Å². The molecular formula is C20H21Cl2F4N5O2S2. The summed E-state index contributed by atoms with van der Waals surface area (Å²) in [6.45, 7) is 0.883. The number of anilines is 4. The van der Waals surface area contributed by atoms with Crippen LogP contribution >= 0.6 is 35.3 Å². The number of hydrogen-bond donors (Lipinski definition) is 3. The van der Waals surface area contributed by atoms with E-state index >= 15 is 0 Å². The Bertz CT molecular complexity index is 1260. The van der Waals surface area contributed by atoms with Crippen LogP contribution in [0, 0.1) is 5.82 Å². The molecular weight excluding hydrogens is 553 g/mol. The lowest BCUT2D eigenvalue weighted by Gasteiger charge is -2.24. The lowest BCUT2D eigenvalue weighted by molar-refractivity contribution is -0.137. The molecule has 0 fully saturated rings. The second kappa shape index (κ2) is 11.6. The molecule has 1 aromatic heterocycles. The van der Waals surface area contributed by atoms with Crippen molar-refractivity contribution in [1.29, 1.82) is 0 Å². The third-order valence-electron chi connectivity index (χ3n) is 4.69. The van der Waals surface area contributed by atoms with Crippen LogP contribution in [0.5, 0.6) is 0 Å². The third kappa shape index (κ3) is 7.10. The average Bonchev–Trinajstić information content (AvgIpc) is 3.26. The molecule has 1 heterocycles. The molecule has 0 aliphatic heterocycles. The summed E-state index contributed by atoms with van der Waals surface area (Å²) in [5.41, 5.74) is 0.960. The summed E-state index contributed by atoms with van der Waals surface area (Å²) in [6, 6.07) is 4.85. The normalized spacial score (nSPS) is 11.6. The van der Waals surface area contributed by atoms with Crippen molar-refractivity contribution < 1.29 is 26.0 Å². The van der Waals surface area contributed by atoms with Crippen molar-refractivity contribution in [2.24, 2.45) is 0 Å². The minimum Gasteiger partial charge on any atom is -0.372 e. The van der Waals surface area contributed by atoms with Gasteiger partial charge >= 0.3 is 6.18 Å². The number of likely N-dealkylation sites (N-methyl/N-ethyl adjacent to an activating group) is 2. The number of alkyl halides is 3. The van der Waals surface area contributed by atoms with E-state index in [0.717, 1.165) is 35.6 Å². The second-order valence-electron chi connectivity index (χ2n) is 7.12. The maximum absolute atomic E-state index is 14.8. The highest BCUT2D eigenvalue weighted by Crippen LogP contribution is 2.38. The number of nitrogens with zero attached hydrogens (tertiary/aromatic N) is 2. The molecule has 2 aromatic carbocycles. The monoisotopic (exact) mass is 573 g/mol. The predicted octanol–water partition coefficient (Wildman–Crippen LogP) is 5.58. The first-order valence-corrected chi connectivity index (χ1v) is 12.5. The SMILES string of the molecule is CNCCN(C)c1cc(C(F)(F)F)ccc1Nc1cc(F)c(S(=O)(=O)Nc2cscn2)cc1Cl.Cl. The lowest BCUT2D eigenvalue weighted by Crippen LogP contribution is -2.28. The number of aromatic nitrogens is 1. The van der Waals surface area contributed by atoms with Crippen LogP contribution in [0.15, 0.2) is 46.1 Å². The van der Waals surface area contributed by atoms with Crippen molar-refractivity contribution in [2.45, 2.75) is 11.1 Å². The van der Waals surface area contributed by atoms with Crippen LogP contribution in [0.2, 0.25) is 5.02 Å². The molecule has 0 amide bonds. The van der Waals surface area contributed by atoms with E-state index in [-0.39, 0.29) is 40.3 Å². The number of benzene rings is 2. The average molecular weight is 574 g/mol. The van der Waals surface area contributed by atoms with E-state index in [2.05, 4.69) is 20.3 Å². The molecule has 0 aliphatic rings. The molecule has 0 saturated heterocycles. The van der Waals surface area contributed by atoms with Gasteiger partial charge in [-0.25, -0.2) is 17.8 Å². The smallest absolute Gasteiger partial charge is 0.372 e. The predicted molar refractivity (Wildman–Crippen MR) is 134 cm³/mol. The zero-order valence-corrected chi connectivity index (χ0v) is 21.5. The Morgan fingerprint density at radius 2 is 1.89 bits per heavy atom. The fourth-order valence-electron chi connectivity index (χ4n) is 2.96. The summed E-state index contributed by atoms with van der Waals surface area (Å²) in [5, 5.41) is 7.01. The van der Waals surface area contributed by atoms with E-state index < -0.39 is 32.5 Å². The molecule has 0 aliphatic carbocycles. The molecule has 3 N–H and O–H groups in total.